The van der Waals surface area contributed by atoms with Crippen molar-refractivity contribution in [3.05, 3.63) is 68.5 Å². The van der Waals surface area contributed by atoms with Gasteiger partial charge in [-0.1, -0.05) is 23.7 Å². The molecule has 0 bridgehead atoms. The fourth-order valence-electron chi connectivity index (χ4n) is 2.33. The molecule has 0 radical (unpaired) electrons. The summed E-state index contributed by atoms with van der Waals surface area (Å²) < 4.78 is 1.51. The first kappa shape index (κ1) is 18.0. The van der Waals surface area contributed by atoms with Crippen LogP contribution in [0.15, 0.2) is 46.7 Å². The lowest BCUT2D eigenvalue weighted by molar-refractivity contribution is -0.119. The Kier molecular flexibility index (Phi) is 5.78. The summed E-state index contributed by atoms with van der Waals surface area (Å²) in [6, 6.07) is 8.83. The number of hydrogen-bond acceptors (Lipinski definition) is 5. The molecule has 3 rings (SSSR count). The van der Waals surface area contributed by atoms with Gasteiger partial charge in [0.05, 0.1) is 17.5 Å². The number of benzene rings is 1. The van der Waals surface area contributed by atoms with Crippen LogP contribution in [0, 0.1) is 0 Å². The van der Waals surface area contributed by atoms with E-state index in [1.54, 1.807) is 18.3 Å². The Morgan fingerprint density at radius 3 is 2.92 bits per heavy atom. The van der Waals surface area contributed by atoms with Gasteiger partial charge in [0.25, 0.3) is 5.56 Å². The van der Waals surface area contributed by atoms with Crippen LogP contribution in [0.25, 0.3) is 4.96 Å². The van der Waals surface area contributed by atoms with Gasteiger partial charge in [0.2, 0.25) is 5.91 Å². The summed E-state index contributed by atoms with van der Waals surface area (Å²) in [6.07, 6.45) is 1.71. The van der Waals surface area contributed by atoms with Gasteiger partial charge in [0.1, 0.15) is 0 Å². The molecule has 0 saturated carbocycles. The van der Waals surface area contributed by atoms with Gasteiger partial charge in [-0.05, 0) is 24.6 Å². The van der Waals surface area contributed by atoms with E-state index in [0.717, 1.165) is 5.56 Å². The normalized spacial score (nSPS) is 12.2. The Morgan fingerprint density at radius 1 is 1.40 bits per heavy atom. The second-order valence-corrected chi connectivity index (χ2v) is 7.77. The van der Waals surface area contributed by atoms with Crippen molar-refractivity contribution in [1.29, 1.82) is 0 Å². The molecule has 1 unspecified atom stereocenters. The largest absolute Gasteiger partial charge is 0.349 e. The summed E-state index contributed by atoms with van der Waals surface area (Å²) in [7, 11) is 0. The first-order valence-corrected chi connectivity index (χ1v) is 10.0. The third kappa shape index (κ3) is 4.62. The highest BCUT2D eigenvalue weighted by Gasteiger charge is 2.10. The summed E-state index contributed by atoms with van der Waals surface area (Å²) >= 11 is 8.72. The molecule has 25 heavy (non-hydrogen) atoms. The zero-order valence-corrected chi connectivity index (χ0v) is 15.8. The maximum absolute atomic E-state index is 12.1. The number of carbonyl (C=O) groups is 1. The van der Waals surface area contributed by atoms with Crippen molar-refractivity contribution in [2.75, 3.05) is 5.75 Å². The molecule has 0 spiro atoms. The number of amides is 1. The van der Waals surface area contributed by atoms with Crippen LogP contribution in [0.1, 0.15) is 24.2 Å². The number of aromatic nitrogens is 2. The van der Waals surface area contributed by atoms with Crippen LogP contribution in [0.5, 0.6) is 0 Å². The number of hydrogen-bond donors (Lipinski definition) is 1. The molecule has 0 fully saturated rings. The molecule has 1 aromatic carbocycles. The number of rotatable bonds is 6. The number of thiazole rings is 1. The molecule has 0 aliphatic rings. The van der Waals surface area contributed by atoms with Crippen LogP contribution in [0.4, 0.5) is 0 Å². The molecule has 1 atom stereocenters. The van der Waals surface area contributed by atoms with Crippen LogP contribution in [0.2, 0.25) is 5.02 Å². The van der Waals surface area contributed by atoms with Gasteiger partial charge < -0.3 is 5.32 Å². The summed E-state index contributed by atoms with van der Waals surface area (Å²) in [5.74, 6) is 0.775. The Morgan fingerprint density at radius 2 is 2.16 bits per heavy atom. The molecule has 1 N–H and O–H groups in total. The highest BCUT2D eigenvalue weighted by Crippen LogP contribution is 2.17. The fourth-order valence-corrected chi connectivity index (χ4v) is 3.92. The predicted molar refractivity (Wildman–Crippen MR) is 104 cm³/mol. The highest BCUT2D eigenvalue weighted by molar-refractivity contribution is 7.99. The molecule has 130 valence electrons. The molecule has 0 aliphatic carbocycles. The summed E-state index contributed by atoms with van der Waals surface area (Å²) in [5, 5.41) is 5.45. The van der Waals surface area contributed by atoms with E-state index in [9.17, 15) is 9.59 Å². The lowest BCUT2D eigenvalue weighted by Crippen LogP contribution is -2.28. The maximum Gasteiger partial charge on any atom is 0.258 e. The molecule has 0 aliphatic heterocycles. The molecule has 2 aromatic heterocycles. The van der Waals surface area contributed by atoms with Crippen molar-refractivity contribution in [2.45, 2.75) is 18.7 Å². The predicted octanol–water partition coefficient (Wildman–Crippen LogP) is 3.52. The second-order valence-electron chi connectivity index (χ2n) is 5.47. The average Bonchev–Trinajstić information content (AvgIpc) is 3.04. The molecule has 2 heterocycles. The van der Waals surface area contributed by atoms with Gasteiger partial charge in [-0.2, -0.15) is 0 Å². The maximum atomic E-state index is 12.1. The standard InChI is InChI=1S/C17H16ClN3O2S2/c1-11(12-2-4-13(18)5-3-12)19-15(22)10-24-9-14-8-16(23)21-6-7-25-17(21)20-14/h2-8,11H,9-10H2,1H3,(H,19,22). The topological polar surface area (TPSA) is 63.5 Å². The fraction of sp³-hybridized carbons (Fsp3) is 0.235. The number of fused-ring (bicyclic) bond motifs is 1. The van der Waals surface area contributed by atoms with Crippen molar-refractivity contribution >= 4 is 45.6 Å². The average molecular weight is 394 g/mol. The SMILES string of the molecule is CC(NC(=O)CSCc1cc(=O)n2ccsc2n1)c1ccc(Cl)cc1. The van der Waals surface area contributed by atoms with Crippen LogP contribution in [0.3, 0.4) is 0 Å². The van der Waals surface area contributed by atoms with Crippen molar-refractivity contribution in [3.63, 3.8) is 0 Å². The number of carbonyl (C=O) groups excluding carboxylic acids is 1. The molecule has 8 heteroatoms. The first-order chi connectivity index (χ1) is 12.0. The zero-order valence-electron chi connectivity index (χ0n) is 13.4. The van der Waals surface area contributed by atoms with E-state index < -0.39 is 0 Å². The molecule has 5 nitrogen and oxygen atoms in total. The Bertz CT molecular complexity index is 937. The molecule has 3 aromatic rings. The van der Waals surface area contributed by atoms with Crippen molar-refractivity contribution in [2.24, 2.45) is 0 Å². The van der Waals surface area contributed by atoms with Crippen molar-refractivity contribution in [1.82, 2.24) is 14.7 Å². The highest BCUT2D eigenvalue weighted by atomic mass is 35.5. The second kappa shape index (κ2) is 8.03. The zero-order chi connectivity index (χ0) is 17.8. The van der Waals surface area contributed by atoms with E-state index in [1.807, 2.05) is 24.4 Å². The third-order valence-corrected chi connectivity index (χ3v) is 5.56. The number of thioether (sulfide) groups is 1. The van der Waals surface area contributed by atoms with Gasteiger partial charge in [-0.3, -0.25) is 14.0 Å². The lowest BCUT2D eigenvalue weighted by Gasteiger charge is -2.14. The van der Waals surface area contributed by atoms with Crippen LogP contribution in [-0.2, 0) is 10.5 Å². The van der Waals surface area contributed by atoms with Gasteiger partial charge in [-0.15, -0.1) is 23.1 Å². The smallest absolute Gasteiger partial charge is 0.258 e. The summed E-state index contributed by atoms with van der Waals surface area (Å²) in [6.45, 7) is 1.93. The van der Waals surface area contributed by atoms with Crippen molar-refractivity contribution < 1.29 is 4.79 Å². The molecule has 1 amide bonds. The van der Waals surface area contributed by atoms with Gasteiger partial charge in [0.15, 0.2) is 4.96 Å². The molecular formula is C17H16ClN3O2S2. The molecular weight excluding hydrogens is 378 g/mol. The van der Waals surface area contributed by atoms with Gasteiger partial charge in [-0.25, -0.2) is 4.98 Å². The van der Waals surface area contributed by atoms with Gasteiger partial charge in [0, 0.05) is 28.4 Å². The van der Waals surface area contributed by atoms with E-state index in [0.29, 0.717) is 27.2 Å². The lowest BCUT2D eigenvalue weighted by atomic mass is 10.1. The van der Waals surface area contributed by atoms with E-state index >= 15 is 0 Å². The molecule has 0 saturated heterocycles. The van der Waals surface area contributed by atoms with Crippen molar-refractivity contribution in [3.8, 4) is 0 Å². The van der Waals surface area contributed by atoms with Crippen LogP contribution < -0.4 is 10.9 Å². The third-order valence-electron chi connectivity index (χ3n) is 3.59. The Hall–Kier alpha value is -1.83. The monoisotopic (exact) mass is 393 g/mol. The minimum absolute atomic E-state index is 0.0543. The van der Waals surface area contributed by atoms with E-state index in [2.05, 4.69) is 10.3 Å². The van der Waals surface area contributed by atoms with E-state index in [-0.39, 0.29) is 17.5 Å². The van der Waals surface area contributed by atoms with Gasteiger partial charge >= 0.3 is 0 Å². The van der Waals surface area contributed by atoms with E-state index in [1.165, 1.54) is 33.6 Å². The quantitative estimate of drug-likeness (QED) is 0.696. The van der Waals surface area contributed by atoms with Crippen LogP contribution in [-0.4, -0.2) is 21.0 Å². The number of nitrogens with one attached hydrogen (secondary N) is 1. The summed E-state index contributed by atoms with van der Waals surface area (Å²) in [4.78, 5) is 29.1. The Labute approximate surface area is 158 Å². The number of halogens is 1. The minimum atomic E-state index is -0.0948. The minimum Gasteiger partial charge on any atom is -0.349 e. The summed E-state index contributed by atoms with van der Waals surface area (Å²) in [5.41, 5.74) is 1.60. The van der Waals surface area contributed by atoms with E-state index in [4.69, 9.17) is 11.6 Å². The first-order valence-electron chi connectivity index (χ1n) is 7.61. The Balaban J connectivity index is 1.51. The van der Waals surface area contributed by atoms with Crippen LogP contribution >= 0.6 is 34.7 Å². The number of nitrogens with zero attached hydrogens (tertiary/aromatic N) is 2.